The highest BCUT2D eigenvalue weighted by atomic mass is 19.1. The highest BCUT2D eigenvalue weighted by Crippen LogP contribution is 2.36. The quantitative estimate of drug-likeness (QED) is 0.780. The number of nitrogens with zero attached hydrogens (tertiary/aromatic N) is 1. The Hall–Kier alpha value is -1.45. The largest absolute Gasteiger partial charge is 0.500 e. The predicted molar refractivity (Wildman–Crippen MR) is 71.4 cm³/mol. The van der Waals surface area contributed by atoms with Crippen molar-refractivity contribution in [3.63, 3.8) is 0 Å². The average Bonchev–Trinajstić information content (AvgIpc) is 2.46. The van der Waals surface area contributed by atoms with Crippen LogP contribution in [-0.4, -0.2) is 18.3 Å². The number of hydrogen-bond acceptors (Lipinski definition) is 3. The Bertz CT molecular complexity index is 542. The molecule has 1 saturated heterocycles. The lowest BCUT2D eigenvalue weighted by Gasteiger charge is -2.32. The Morgan fingerprint density at radius 1 is 1.10 bits per heavy atom. The van der Waals surface area contributed by atoms with E-state index in [0.29, 0.717) is 5.56 Å². The van der Waals surface area contributed by atoms with Gasteiger partial charge in [0.1, 0.15) is 11.6 Å². The summed E-state index contributed by atoms with van der Waals surface area (Å²) in [6.07, 6.45) is -0.0442. The van der Waals surface area contributed by atoms with Gasteiger partial charge in [-0.3, -0.25) is 0 Å². The van der Waals surface area contributed by atoms with Crippen LogP contribution in [0.2, 0.25) is 0 Å². The molecule has 6 heteroatoms. The van der Waals surface area contributed by atoms with Gasteiger partial charge >= 0.3 is 7.12 Å². The molecule has 0 aromatic heterocycles. The van der Waals surface area contributed by atoms with Crippen LogP contribution in [0.5, 0.6) is 0 Å². The van der Waals surface area contributed by atoms with E-state index in [-0.39, 0.29) is 11.9 Å². The van der Waals surface area contributed by atoms with Gasteiger partial charge in [0.2, 0.25) is 0 Å². The van der Waals surface area contributed by atoms with E-state index in [1.54, 1.807) is 0 Å². The van der Waals surface area contributed by atoms with Crippen LogP contribution in [0.3, 0.4) is 0 Å². The minimum Gasteiger partial charge on any atom is -0.399 e. The summed E-state index contributed by atoms with van der Waals surface area (Å²) in [5.74, 6) is -1.51. The molecular weight excluding hydrogens is 263 g/mol. The van der Waals surface area contributed by atoms with E-state index >= 15 is 0 Å². The first-order valence-corrected chi connectivity index (χ1v) is 6.38. The van der Waals surface area contributed by atoms with Gasteiger partial charge in [0.25, 0.3) is 0 Å². The highest BCUT2D eigenvalue weighted by molar-refractivity contribution is 6.62. The molecule has 0 unspecified atom stereocenters. The van der Waals surface area contributed by atoms with Gasteiger partial charge in [0.15, 0.2) is 0 Å². The Balaban J connectivity index is 2.39. The smallest absolute Gasteiger partial charge is 0.399 e. The minimum atomic E-state index is -1.09. The second-order valence-electron chi connectivity index (χ2n) is 5.90. The second kappa shape index (κ2) is 4.83. The molecule has 1 aromatic carbocycles. The summed E-state index contributed by atoms with van der Waals surface area (Å²) in [5, 5.41) is 8.58. The third kappa shape index (κ3) is 2.44. The van der Waals surface area contributed by atoms with Gasteiger partial charge in [-0.1, -0.05) is 0 Å². The summed E-state index contributed by atoms with van der Waals surface area (Å²) in [4.78, 5) is 0. The van der Waals surface area contributed by atoms with Gasteiger partial charge in [0.05, 0.1) is 29.2 Å². The van der Waals surface area contributed by atoms with Gasteiger partial charge < -0.3 is 9.31 Å². The third-order valence-electron chi connectivity index (χ3n) is 3.91. The SMILES string of the molecule is CC1(C)OB(c2c(F)cc(CC#N)cc2F)OC1(C)C. The van der Waals surface area contributed by atoms with E-state index in [4.69, 9.17) is 14.6 Å². The van der Waals surface area contributed by atoms with Crippen molar-refractivity contribution in [3.8, 4) is 6.07 Å². The first-order valence-electron chi connectivity index (χ1n) is 6.38. The fourth-order valence-electron chi connectivity index (χ4n) is 2.02. The molecule has 1 aromatic rings. The van der Waals surface area contributed by atoms with Crippen molar-refractivity contribution in [2.75, 3.05) is 0 Å². The number of benzene rings is 1. The molecule has 1 aliphatic heterocycles. The zero-order valence-corrected chi connectivity index (χ0v) is 12.0. The summed E-state index contributed by atoms with van der Waals surface area (Å²) < 4.78 is 39.4. The van der Waals surface area contributed by atoms with E-state index in [1.165, 1.54) is 0 Å². The Kier molecular flexibility index (Phi) is 3.61. The molecule has 3 nitrogen and oxygen atoms in total. The van der Waals surface area contributed by atoms with Gasteiger partial charge in [-0.15, -0.1) is 0 Å². The van der Waals surface area contributed by atoms with Crippen LogP contribution in [0.1, 0.15) is 33.3 Å². The van der Waals surface area contributed by atoms with Crippen LogP contribution in [-0.2, 0) is 15.7 Å². The van der Waals surface area contributed by atoms with Crippen LogP contribution in [0.15, 0.2) is 12.1 Å². The maximum Gasteiger partial charge on any atom is 0.500 e. The fourth-order valence-corrected chi connectivity index (χ4v) is 2.02. The highest BCUT2D eigenvalue weighted by Gasteiger charge is 2.53. The molecule has 0 amide bonds. The first-order chi connectivity index (χ1) is 9.18. The zero-order chi connectivity index (χ0) is 15.1. The van der Waals surface area contributed by atoms with Gasteiger partial charge in [-0.25, -0.2) is 8.78 Å². The third-order valence-corrected chi connectivity index (χ3v) is 3.91. The average molecular weight is 279 g/mol. The lowest BCUT2D eigenvalue weighted by atomic mass is 9.77. The number of halogens is 2. The van der Waals surface area contributed by atoms with E-state index in [0.717, 1.165) is 12.1 Å². The topological polar surface area (TPSA) is 42.2 Å². The number of hydrogen-bond donors (Lipinski definition) is 0. The molecule has 1 fully saturated rings. The van der Waals surface area contributed by atoms with Gasteiger partial charge in [0, 0.05) is 0 Å². The lowest BCUT2D eigenvalue weighted by molar-refractivity contribution is 0.00578. The zero-order valence-electron chi connectivity index (χ0n) is 12.0. The Morgan fingerprint density at radius 3 is 1.95 bits per heavy atom. The fraction of sp³-hybridized carbons (Fsp3) is 0.500. The molecule has 2 rings (SSSR count). The molecule has 0 aliphatic carbocycles. The molecule has 0 spiro atoms. The Morgan fingerprint density at radius 2 is 1.55 bits per heavy atom. The summed E-state index contributed by atoms with van der Waals surface area (Å²) in [6, 6.07) is 4.15. The first kappa shape index (κ1) is 15.0. The van der Waals surface area contributed by atoms with Crippen molar-refractivity contribution in [1.82, 2.24) is 0 Å². The lowest BCUT2D eigenvalue weighted by Crippen LogP contribution is -2.41. The molecule has 20 heavy (non-hydrogen) atoms. The predicted octanol–water partition coefficient (Wildman–Crippen LogP) is 2.33. The monoisotopic (exact) mass is 279 g/mol. The Labute approximate surface area is 117 Å². The van der Waals surface area contributed by atoms with Crippen LogP contribution in [0.25, 0.3) is 0 Å². The molecule has 1 heterocycles. The van der Waals surface area contributed by atoms with Crippen LogP contribution >= 0.6 is 0 Å². The van der Waals surface area contributed by atoms with E-state index in [1.807, 2.05) is 33.8 Å². The van der Waals surface area contributed by atoms with Crippen molar-refractivity contribution in [1.29, 1.82) is 5.26 Å². The molecule has 0 atom stereocenters. The normalized spacial score (nSPS) is 19.9. The summed E-state index contributed by atoms with van der Waals surface area (Å²) >= 11 is 0. The molecule has 0 saturated carbocycles. The van der Waals surface area contributed by atoms with Crippen LogP contribution in [0.4, 0.5) is 8.78 Å². The maximum atomic E-state index is 14.1. The summed E-state index contributed by atoms with van der Waals surface area (Å²) in [7, 11) is -1.09. The molecule has 106 valence electrons. The van der Waals surface area contributed by atoms with Crippen molar-refractivity contribution in [2.24, 2.45) is 0 Å². The minimum absolute atomic E-state index is 0.0442. The molecule has 1 aliphatic rings. The van der Waals surface area contributed by atoms with Crippen molar-refractivity contribution in [3.05, 3.63) is 29.3 Å². The van der Waals surface area contributed by atoms with Crippen LogP contribution < -0.4 is 5.46 Å². The standard InChI is InChI=1S/C14H16BF2NO2/c1-13(2)14(3,4)20-15(19-13)12-10(16)7-9(5-6-18)8-11(12)17/h7-8H,5H2,1-4H3. The number of rotatable bonds is 2. The van der Waals surface area contributed by atoms with E-state index < -0.39 is 30.0 Å². The van der Waals surface area contributed by atoms with Crippen molar-refractivity contribution in [2.45, 2.75) is 45.3 Å². The second-order valence-corrected chi connectivity index (χ2v) is 5.90. The van der Waals surface area contributed by atoms with Crippen LogP contribution in [0, 0.1) is 23.0 Å². The summed E-state index contributed by atoms with van der Waals surface area (Å²) in [5.41, 5.74) is -1.28. The maximum absolute atomic E-state index is 14.1. The van der Waals surface area contributed by atoms with E-state index in [2.05, 4.69) is 0 Å². The van der Waals surface area contributed by atoms with Crippen molar-refractivity contribution < 1.29 is 18.1 Å². The summed E-state index contributed by atoms with van der Waals surface area (Å²) in [6.45, 7) is 7.25. The molecule has 0 bridgehead atoms. The van der Waals surface area contributed by atoms with Gasteiger partial charge in [-0.05, 0) is 45.4 Å². The van der Waals surface area contributed by atoms with E-state index in [9.17, 15) is 8.78 Å². The van der Waals surface area contributed by atoms with Crippen molar-refractivity contribution >= 4 is 12.6 Å². The number of nitriles is 1. The molecule has 0 N–H and O–H groups in total. The van der Waals surface area contributed by atoms with Gasteiger partial charge in [-0.2, -0.15) is 5.26 Å². The molecule has 0 radical (unpaired) electrons. The molecular formula is C14H16BF2NO2.